The van der Waals surface area contributed by atoms with Crippen LogP contribution in [0.4, 0.5) is 17.3 Å². The summed E-state index contributed by atoms with van der Waals surface area (Å²) in [5.74, 6) is 1.56. The summed E-state index contributed by atoms with van der Waals surface area (Å²) in [7, 11) is 0. The van der Waals surface area contributed by atoms with E-state index in [1.807, 2.05) is 0 Å². The van der Waals surface area contributed by atoms with Gasteiger partial charge in [0, 0.05) is 19.6 Å². The normalized spacial score (nSPS) is 16.1. The van der Waals surface area contributed by atoms with E-state index in [4.69, 9.17) is 5.73 Å². The molecule has 0 radical (unpaired) electrons. The van der Waals surface area contributed by atoms with Crippen molar-refractivity contribution < 1.29 is 0 Å². The lowest BCUT2D eigenvalue weighted by molar-refractivity contribution is 0.726. The Morgan fingerprint density at radius 3 is 2.67 bits per heavy atom. The van der Waals surface area contributed by atoms with Crippen molar-refractivity contribution in [3.8, 4) is 0 Å². The van der Waals surface area contributed by atoms with Gasteiger partial charge < -0.3 is 16.0 Å². The molecule has 5 nitrogen and oxygen atoms in total. The number of hydrogen-bond donors (Lipinski definition) is 2. The van der Waals surface area contributed by atoms with Crippen molar-refractivity contribution in [2.45, 2.75) is 25.7 Å². The van der Waals surface area contributed by atoms with Crippen LogP contribution in [0.3, 0.4) is 0 Å². The molecule has 0 bridgehead atoms. The molecule has 0 spiro atoms. The number of aromatic nitrogens is 2. The molecule has 0 amide bonds. The van der Waals surface area contributed by atoms with Gasteiger partial charge in [0.05, 0.1) is 0 Å². The third-order valence-electron chi connectivity index (χ3n) is 3.18. The second kappa shape index (κ2) is 6.23. The Balaban J connectivity index is 2.18. The fourth-order valence-electron chi connectivity index (χ4n) is 2.23. The lowest BCUT2D eigenvalue weighted by atomic mass is 10.2. The van der Waals surface area contributed by atoms with Gasteiger partial charge in [0.15, 0.2) is 11.6 Å². The van der Waals surface area contributed by atoms with Crippen LogP contribution < -0.4 is 16.0 Å². The zero-order chi connectivity index (χ0) is 12.8. The van der Waals surface area contributed by atoms with Crippen molar-refractivity contribution in [2.24, 2.45) is 0 Å². The van der Waals surface area contributed by atoms with E-state index in [-0.39, 0.29) is 0 Å². The fourth-order valence-corrected chi connectivity index (χ4v) is 2.23. The molecule has 98 valence electrons. The van der Waals surface area contributed by atoms with E-state index in [2.05, 4.69) is 26.8 Å². The number of nitrogen functional groups attached to an aromatic ring is 1. The van der Waals surface area contributed by atoms with Crippen LogP contribution in [-0.2, 0) is 0 Å². The molecule has 0 aliphatic carbocycles. The molecule has 1 fully saturated rings. The molecule has 1 saturated heterocycles. The highest BCUT2D eigenvalue weighted by atomic mass is 15.2. The van der Waals surface area contributed by atoms with E-state index >= 15 is 0 Å². The molecule has 2 heterocycles. The molecule has 0 unspecified atom stereocenters. The third-order valence-corrected chi connectivity index (χ3v) is 3.18. The monoisotopic (exact) mass is 247 g/mol. The van der Waals surface area contributed by atoms with Gasteiger partial charge in [-0.05, 0) is 12.8 Å². The van der Waals surface area contributed by atoms with E-state index in [0.717, 1.165) is 18.9 Å². The zero-order valence-corrected chi connectivity index (χ0v) is 10.7. The van der Waals surface area contributed by atoms with Crippen molar-refractivity contribution in [2.75, 3.05) is 35.6 Å². The maximum Gasteiger partial charge on any atom is 0.157 e. The Bertz CT molecular complexity index is 396. The first kappa shape index (κ1) is 12.7. The van der Waals surface area contributed by atoms with Crippen LogP contribution in [0.5, 0.6) is 0 Å². The summed E-state index contributed by atoms with van der Waals surface area (Å²) in [6, 6.07) is 0. The van der Waals surface area contributed by atoms with E-state index in [1.54, 1.807) is 12.4 Å². The highest BCUT2D eigenvalue weighted by molar-refractivity contribution is 5.74. The lowest BCUT2D eigenvalue weighted by Crippen LogP contribution is -2.26. The van der Waals surface area contributed by atoms with Gasteiger partial charge in [-0.1, -0.05) is 18.9 Å². The van der Waals surface area contributed by atoms with Gasteiger partial charge in [0.2, 0.25) is 0 Å². The predicted octanol–water partition coefficient (Wildman–Crippen LogP) is 2.04. The van der Waals surface area contributed by atoms with Crippen LogP contribution in [0.2, 0.25) is 0 Å². The lowest BCUT2D eigenvalue weighted by Gasteiger charge is -2.23. The topological polar surface area (TPSA) is 67.1 Å². The Labute approximate surface area is 108 Å². The SMILES string of the molecule is C=CCNc1ncnc(N2CCCCCC2)c1N. The summed E-state index contributed by atoms with van der Waals surface area (Å²) in [5.41, 5.74) is 6.78. The molecule has 0 saturated carbocycles. The zero-order valence-electron chi connectivity index (χ0n) is 10.7. The number of nitrogens with zero attached hydrogens (tertiary/aromatic N) is 3. The minimum Gasteiger partial charge on any atom is -0.393 e. The average Bonchev–Trinajstić information content (AvgIpc) is 2.66. The van der Waals surface area contributed by atoms with Crippen LogP contribution in [0, 0.1) is 0 Å². The minimum atomic E-state index is 0.640. The van der Waals surface area contributed by atoms with Crippen LogP contribution in [-0.4, -0.2) is 29.6 Å². The number of rotatable bonds is 4. The summed E-state index contributed by atoms with van der Waals surface area (Å²) < 4.78 is 0. The third kappa shape index (κ3) is 2.91. The summed E-state index contributed by atoms with van der Waals surface area (Å²) >= 11 is 0. The van der Waals surface area contributed by atoms with Gasteiger partial charge in [-0.25, -0.2) is 9.97 Å². The predicted molar refractivity (Wildman–Crippen MR) is 75.8 cm³/mol. The van der Waals surface area contributed by atoms with E-state index in [0.29, 0.717) is 18.1 Å². The van der Waals surface area contributed by atoms with E-state index < -0.39 is 0 Å². The first-order chi connectivity index (χ1) is 8.83. The Morgan fingerprint density at radius 2 is 2.00 bits per heavy atom. The van der Waals surface area contributed by atoms with Gasteiger partial charge in [0.25, 0.3) is 0 Å². The van der Waals surface area contributed by atoms with Gasteiger partial charge >= 0.3 is 0 Å². The second-order valence-electron chi connectivity index (χ2n) is 4.53. The van der Waals surface area contributed by atoms with Crippen molar-refractivity contribution in [1.82, 2.24) is 9.97 Å². The quantitative estimate of drug-likeness (QED) is 0.797. The first-order valence-corrected chi connectivity index (χ1v) is 6.53. The molecule has 1 aliphatic rings. The standard InChI is InChI=1S/C13H21N5/c1-2-7-15-12-11(14)13(17-10-16-12)18-8-5-3-4-6-9-18/h2,10H,1,3-9,14H2,(H,15,16,17). The molecule has 1 aromatic rings. The molecular formula is C13H21N5. The molecular weight excluding hydrogens is 226 g/mol. The van der Waals surface area contributed by atoms with Crippen molar-refractivity contribution >= 4 is 17.3 Å². The molecule has 0 atom stereocenters. The van der Waals surface area contributed by atoms with Crippen molar-refractivity contribution in [3.05, 3.63) is 19.0 Å². The van der Waals surface area contributed by atoms with Gasteiger partial charge in [-0.3, -0.25) is 0 Å². The summed E-state index contributed by atoms with van der Waals surface area (Å²) in [4.78, 5) is 10.8. The number of hydrogen-bond acceptors (Lipinski definition) is 5. The molecule has 5 heteroatoms. The molecule has 3 N–H and O–H groups in total. The Morgan fingerprint density at radius 1 is 1.28 bits per heavy atom. The summed E-state index contributed by atoms with van der Waals surface area (Å²) in [6.45, 7) is 6.39. The van der Waals surface area contributed by atoms with Gasteiger partial charge in [-0.2, -0.15) is 0 Å². The fraction of sp³-hybridized carbons (Fsp3) is 0.538. The second-order valence-corrected chi connectivity index (χ2v) is 4.53. The smallest absolute Gasteiger partial charge is 0.157 e. The Hall–Kier alpha value is -1.78. The maximum atomic E-state index is 6.14. The van der Waals surface area contributed by atoms with Gasteiger partial charge in [-0.15, -0.1) is 6.58 Å². The van der Waals surface area contributed by atoms with Crippen LogP contribution in [0.15, 0.2) is 19.0 Å². The van der Waals surface area contributed by atoms with Gasteiger partial charge in [0.1, 0.15) is 12.0 Å². The number of nitrogens with one attached hydrogen (secondary N) is 1. The molecule has 1 aromatic heterocycles. The summed E-state index contributed by atoms with van der Waals surface area (Å²) in [5, 5.41) is 3.14. The molecule has 18 heavy (non-hydrogen) atoms. The largest absolute Gasteiger partial charge is 0.393 e. The van der Waals surface area contributed by atoms with E-state index in [9.17, 15) is 0 Å². The molecule has 1 aliphatic heterocycles. The molecule has 2 rings (SSSR count). The van der Waals surface area contributed by atoms with Crippen LogP contribution >= 0.6 is 0 Å². The summed E-state index contributed by atoms with van der Waals surface area (Å²) in [6.07, 6.45) is 8.36. The first-order valence-electron chi connectivity index (χ1n) is 6.53. The Kier molecular flexibility index (Phi) is 4.39. The van der Waals surface area contributed by atoms with Crippen LogP contribution in [0.25, 0.3) is 0 Å². The highest BCUT2D eigenvalue weighted by Crippen LogP contribution is 2.27. The number of anilines is 3. The molecule has 0 aromatic carbocycles. The highest BCUT2D eigenvalue weighted by Gasteiger charge is 2.16. The van der Waals surface area contributed by atoms with Crippen LogP contribution in [0.1, 0.15) is 25.7 Å². The van der Waals surface area contributed by atoms with E-state index in [1.165, 1.54) is 25.7 Å². The average molecular weight is 247 g/mol. The maximum absolute atomic E-state index is 6.14. The van der Waals surface area contributed by atoms with Crippen molar-refractivity contribution in [3.63, 3.8) is 0 Å². The minimum absolute atomic E-state index is 0.640. The van der Waals surface area contributed by atoms with Crippen molar-refractivity contribution in [1.29, 1.82) is 0 Å². The number of nitrogens with two attached hydrogens (primary N) is 1.